The number of nitrogens with zero attached hydrogens (tertiary/aromatic N) is 1. The van der Waals surface area contributed by atoms with Crippen LogP contribution in [0.5, 0.6) is 0 Å². The number of nitrogens with one attached hydrogen (secondary N) is 2. The van der Waals surface area contributed by atoms with Crippen LogP contribution in [-0.2, 0) is 9.53 Å². The highest BCUT2D eigenvalue weighted by Crippen LogP contribution is 2.16. The standard InChI is InChI=1S/C13H25N3O2.2ClH/c1-9-8-11(4-6-16(9)3)15-13(17)12-10(2)18-7-5-14-12;;/h9-12,14H,4-8H2,1-3H3,(H,15,17);2*1H/t9?,10-,11?,12+;;/m1../s1. The molecule has 2 fully saturated rings. The number of piperidine rings is 1. The van der Waals surface area contributed by atoms with Crippen LogP contribution in [0.4, 0.5) is 0 Å². The summed E-state index contributed by atoms with van der Waals surface area (Å²) < 4.78 is 5.51. The first-order valence-corrected chi connectivity index (χ1v) is 6.93. The smallest absolute Gasteiger partial charge is 0.240 e. The third-order valence-corrected chi connectivity index (χ3v) is 4.15. The van der Waals surface area contributed by atoms with Gasteiger partial charge in [0.15, 0.2) is 0 Å². The van der Waals surface area contributed by atoms with Crippen molar-refractivity contribution in [3.05, 3.63) is 0 Å². The molecule has 0 spiro atoms. The quantitative estimate of drug-likeness (QED) is 0.788. The third kappa shape index (κ3) is 5.04. The van der Waals surface area contributed by atoms with Gasteiger partial charge in [-0.15, -0.1) is 24.8 Å². The molecular formula is C13H27Cl2N3O2. The Bertz CT molecular complexity index is 307. The molecule has 4 atom stereocenters. The van der Waals surface area contributed by atoms with E-state index in [1.54, 1.807) is 0 Å². The summed E-state index contributed by atoms with van der Waals surface area (Å²) in [7, 11) is 2.14. The molecule has 0 aromatic carbocycles. The summed E-state index contributed by atoms with van der Waals surface area (Å²) in [6, 6.07) is 0.644. The van der Waals surface area contributed by atoms with E-state index in [1.807, 2.05) is 6.92 Å². The molecule has 7 heteroatoms. The number of carbonyl (C=O) groups excluding carboxylic acids is 1. The van der Waals surface area contributed by atoms with Crippen LogP contribution >= 0.6 is 24.8 Å². The van der Waals surface area contributed by atoms with Gasteiger partial charge in [0.05, 0.1) is 12.7 Å². The normalized spacial score (nSPS) is 34.5. The number of hydrogen-bond donors (Lipinski definition) is 2. The lowest BCUT2D eigenvalue weighted by atomic mass is 9.98. The summed E-state index contributed by atoms with van der Waals surface area (Å²) in [4.78, 5) is 14.5. The Labute approximate surface area is 134 Å². The molecule has 0 aromatic rings. The van der Waals surface area contributed by atoms with Gasteiger partial charge in [-0.25, -0.2) is 0 Å². The Kier molecular flexibility index (Phi) is 9.02. The van der Waals surface area contributed by atoms with Crippen molar-refractivity contribution in [3.8, 4) is 0 Å². The molecule has 0 aliphatic carbocycles. The van der Waals surface area contributed by atoms with Gasteiger partial charge in [0.1, 0.15) is 6.04 Å². The van der Waals surface area contributed by atoms with Crippen LogP contribution in [0, 0.1) is 0 Å². The van der Waals surface area contributed by atoms with E-state index in [9.17, 15) is 4.79 Å². The van der Waals surface area contributed by atoms with Gasteiger partial charge in [0, 0.05) is 25.2 Å². The molecule has 2 N–H and O–H groups in total. The summed E-state index contributed by atoms with van der Waals surface area (Å²) in [5.41, 5.74) is 0. The zero-order chi connectivity index (χ0) is 13.1. The lowest BCUT2D eigenvalue weighted by molar-refractivity contribution is -0.130. The van der Waals surface area contributed by atoms with Gasteiger partial charge in [-0.1, -0.05) is 0 Å². The van der Waals surface area contributed by atoms with Crippen LogP contribution in [0.15, 0.2) is 0 Å². The van der Waals surface area contributed by atoms with E-state index in [4.69, 9.17) is 4.74 Å². The van der Waals surface area contributed by atoms with Gasteiger partial charge >= 0.3 is 0 Å². The van der Waals surface area contributed by atoms with Crippen molar-refractivity contribution in [3.63, 3.8) is 0 Å². The summed E-state index contributed by atoms with van der Waals surface area (Å²) in [6.07, 6.45) is 2.03. The molecule has 2 heterocycles. The monoisotopic (exact) mass is 327 g/mol. The van der Waals surface area contributed by atoms with Gasteiger partial charge in [0.25, 0.3) is 0 Å². The zero-order valence-electron chi connectivity index (χ0n) is 12.4. The average molecular weight is 328 g/mol. The summed E-state index contributed by atoms with van der Waals surface area (Å²) in [5, 5.41) is 6.39. The minimum atomic E-state index is -0.200. The summed E-state index contributed by atoms with van der Waals surface area (Å²) in [6.45, 7) is 6.66. The maximum atomic E-state index is 12.2. The molecule has 0 aromatic heterocycles. The second-order valence-electron chi connectivity index (χ2n) is 5.57. The van der Waals surface area contributed by atoms with Crippen LogP contribution in [0.2, 0.25) is 0 Å². The van der Waals surface area contributed by atoms with Gasteiger partial charge in [-0.3, -0.25) is 4.79 Å². The molecule has 0 bridgehead atoms. The van der Waals surface area contributed by atoms with Crippen LogP contribution in [0.1, 0.15) is 26.7 Å². The molecule has 0 radical (unpaired) electrons. The first kappa shape index (κ1) is 19.9. The number of halogens is 2. The van der Waals surface area contributed by atoms with Crippen molar-refractivity contribution in [2.45, 2.75) is 50.9 Å². The van der Waals surface area contributed by atoms with E-state index in [1.165, 1.54) is 0 Å². The van der Waals surface area contributed by atoms with Crippen molar-refractivity contribution in [1.29, 1.82) is 0 Å². The summed E-state index contributed by atoms with van der Waals surface area (Å²) in [5.74, 6) is 0.0870. The van der Waals surface area contributed by atoms with E-state index in [0.717, 1.165) is 25.9 Å². The van der Waals surface area contributed by atoms with Crippen LogP contribution in [0.25, 0.3) is 0 Å². The average Bonchev–Trinajstić information content (AvgIpc) is 2.34. The molecule has 1 amide bonds. The molecule has 5 nitrogen and oxygen atoms in total. The van der Waals surface area contributed by atoms with Crippen LogP contribution < -0.4 is 10.6 Å². The largest absolute Gasteiger partial charge is 0.375 e. The predicted octanol–water partition coefficient (Wildman–Crippen LogP) is 0.806. The molecule has 2 aliphatic heterocycles. The zero-order valence-corrected chi connectivity index (χ0v) is 14.1. The van der Waals surface area contributed by atoms with E-state index in [2.05, 4.69) is 29.5 Å². The Balaban J connectivity index is 0.00000180. The highest BCUT2D eigenvalue weighted by molar-refractivity contribution is 5.85. The molecule has 20 heavy (non-hydrogen) atoms. The second-order valence-corrected chi connectivity index (χ2v) is 5.57. The summed E-state index contributed by atoms with van der Waals surface area (Å²) >= 11 is 0. The Morgan fingerprint density at radius 2 is 2.05 bits per heavy atom. The van der Waals surface area contributed by atoms with Gasteiger partial charge in [-0.2, -0.15) is 0 Å². The number of amides is 1. The minimum absolute atomic E-state index is 0. The lowest BCUT2D eigenvalue weighted by Crippen LogP contribution is -2.58. The van der Waals surface area contributed by atoms with E-state index >= 15 is 0 Å². The van der Waals surface area contributed by atoms with E-state index in [-0.39, 0.29) is 42.9 Å². The number of hydrogen-bond acceptors (Lipinski definition) is 4. The molecular weight excluding hydrogens is 301 g/mol. The second kappa shape index (κ2) is 9.05. The van der Waals surface area contributed by atoms with Crippen LogP contribution in [0.3, 0.4) is 0 Å². The Morgan fingerprint density at radius 1 is 1.35 bits per heavy atom. The topological polar surface area (TPSA) is 53.6 Å². The van der Waals surface area contributed by atoms with Crippen molar-refractivity contribution < 1.29 is 9.53 Å². The van der Waals surface area contributed by atoms with Crippen molar-refractivity contribution >= 4 is 30.7 Å². The third-order valence-electron chi connectivity index (χ3n) is 4.15. The minimum Gasteiger partial charge on any atom is -0.375 e. The first-order valence-electron chi connectivity index (χ1n) is 6.93. The highest BCUT2D eigenvalue weighted by atomic mass is 35.5. The molecule has 2 rings (SSSR count). The Hall–Kier alpha value is -0.0700. The van der Waals surface area contributed by atoms with Crippen molar-refractivity contribution in [2.24, 2.45) is 0 Å². The molecule has 120 valence electrons. The maximum Gasteiger partial charge on any atom is 0.240 e. The number of ether oxygens (including phenoxy) is 1. The molecule has 2 unspecified atom stereocenters. The van der Waals surface area contributed by atoms with E-state index < -0.39 is 0 Å². The molecule has 0 saturated carbocycles. The first-order chi connectivity index (χ1) is 8.58. The van der Waals surface area contributed by atoms with Crippen molar-refractivity contribution in [1.82, 2.24) is 15.5 Å². The van der Waals surface area contributed by atoms with Crippen LogP contribution in [-0.4, -0.2) is 61.8 Å². The van der Waals surface area contributed by atoms with E-state index in [0.29, 0.717) is 18.7 Å². The number of likely N-dealkylation sites (tertiary alicyclic amines) is 1. The number of rotatable bonds is 2. The lowest BCUT2D eigenvalue weighted by Gasteiger charge is -2.37. The van der Waals surface area contributed by atoms with Gasteiger partial charge in [-0.05, 0) is 33.7 Å². The van der Waals surface area contributed by atoms with Gasteiger partial charge in [0.2, 0.25) is 5.91 Å². The number of carbonyl (C=O) groups is 1. The highest BCUT2D eigenvalue weighted by Gasteiger charge is 2.31. The fraction of sp³-hybridized carbons (Fsp3) is 0.923. The van der Waals surface area contributed by atoms with Gasteiger partial charge < -0.3 is 20.3 Å². The predicted molar refractivity (Wildman–Crippen MR) is 85.0 cm³/mol. The fourth-order valence-corrected chi connectivity index (χ4v) is 2.74. The number of morpholine rings is 1. The molecule has 2 saturated heterocycles. The molecule has 2 aliphatic rings. The fourth-order valence-electron chi connectivity index (χ4n) is 2.74. The maximum absolute atomic E-state index is 12.2. The Morgan fingerprint density at radius 3 is 2.65 bits per heavy atom. The van der Waals surface area contributed by atoms with Crippen molar-refractivity contribution in [2.75, 3.05) is 26.7 Å². The SMILES string of the molecule is CC1CC(NC(=O)[C@H]2NCCO[C@@H]2C)CCN1C.Cl.Cl.